The number of methoxy groups -OCH3 is 5. The van der Waals surface area contributed by atoms with Crippen molar-refractivity contribution in [3.63, 3.8) is 0 Å². The molecule has 2 unspecified atom stereocenters. The first-order valence-electron chi connectivity index (χ1n) is 19.1. The van der Waals surface area contributed by atoms with E-state index in [0.29, 0.717) is 34.1 Å². The van der Waals surface area contributed by atoms with Crippen molar-refractivity contribution < 1.29 is 38.0 Å². The van der Waals surface area contributed by atoms with Gasteiger partial charge in [-0.2, -0.15) is 5.10 Å². The van der Waals surface area contributed by atoms with E-state index in [1.165, 1.54) is 26.3 Å². The van der Waals surface area contributed by atoms with Gasteiger partial charge in [0.05, 0.1) is 52.9 Å². The Morgan fingerprint density at radius 1 is 0.707 bits per heavy atom. The average Bonchev–Trinajstić information content (AvgIpc) is 3.68. The summed E-state index contributed by atoms with van der Waals surface area (Å²) in [7, 11) is 7.85. The van der Waals surface area contributed by atoms with Crippen LogP contribution >= 0.6 is 0 Å². The van der Waals surface area contributed by atoms with Crippen LogP contribution in [-0.4, -0.2) is 64.8 Å². The van der Waals surface area contributed by atoms with Crippen molar-refractivity contribution in [2.45, 2.75) is 25.3 Å². The maximum Gasteiger partial charge on any atom is 0.339 e. The molecule has 1 aliphatic carbocycles. The zero-order valence-corrected chi connectivity index (χ0v) is 33.3. The van der Waals surface area contributed by atoms with Crippen LogP contribution in [0.3, 0.4) is 0 Å². The summed E-state index contributed by atoms with van der Waals surface area (Å²) in [6.07, 6.45) is 6.43. The molecule has 5 aromatic rings. The number of hydrogen-bond acceptors (Lipinski definition) is 9. The van der Waals surface area contributed by atoms with E-state index in [9.17, 15) is 9.59 Å². The van der Waals surface area contributed by atoms with Gasteiger partial charge in [0.15, 0.2) is 18.1 Å². The first-order chi connectivity index (χ1) is 28.3. The topological polar surface area (TPSA) is 105 Å². The third-order valence-corrected chi connectivity index (χ3v) is 10.5. The van der Waals surface area contributed by atoms with Crippen LogP contribution in [0, 0.1) is 5.92 Å². The summed E-state index contributed by atoms with van der Waals surface area (Å²) in [6.45, 7) is -0.527. The molecule has 0 saturated heterocycles. The van der Waals surface area contributed by atoms with E-state index in [2.05, 4.69) is 6.08 Å². The van der Waals surface area contributed by atoms with E-state index in [1.54, 1.807) is 32.4 Å². The Kier molecular flexibility index (Phi) is 12.2. The van der Waals surface area contributed by atoms with Gasteiger partial charge < -0.3 is 28.4 Å². The summed E-state index contributed by atoms with van der Waals surface area (Å²) >= 11 is 0. The third kappa shape index (κ3) is 8.46. The number of nitrogens with zero attached hydrogens (tertiary/aromatic N) is 2. The molecule has 1 saturated carbocycles. The normalized spacial score (nSPS) is 16.9. The molecule has 0 radical (unpaired) electrons. The van der Waals surface area contributed by atoms with Crippen LogP contribution in [0.5, 0.6) is 28.7 Å². The smallest absolute Gasteiger partial charge is 0.339 e. The van der Waals surface area contributed by atoms with Gasteiger partial charge in [0.25, 0.3) is 5.91 Å². The number of amides is 1. The van der Waals surface area contributed by atoms with Gasteiger partial charge in [0.2, 0.25) is 5.75 Å². The minimum absolute atomic E-state index is 0.0510. The molecule has 1 fully saturated rings. The summed E-state index contributed by atoms with van der Waals surface area (Å²) in [5.74, 6) is 1.59. The van der Waals surface area contributed by atoms with Crippen LogP contribution < -0.4 is 23.7 Å². The van der Waals surface area contributed by atoms with Crippen molar-refractivity contribution in [1.82, 2.24) is 5.01 Å². The number of carbonyl (C=O) groups excluding carboxylic acids is 2. The first kappa shape index (κ1) is 39.4. The highest BCUT2D eigenvalue weighted by Crippen LogP contribution is 2.45. The van der Waals surface area contributed by atoms with E-state index in [1.807, 2.05) is 103 Å². The van der Waals surface area contributed by atoms with E-state index in [4.69, 9.17) is 33.5 Å². The van der Waals surface area contributed by atoms with Gasteiger partial charge in [0.1, 0.15) is 11.5 Å². The molecule has 58 heavy (non-hydrogen) atoms. The lowest BCUT2D eigenvalue weighted by molar-refractivity contribution is -0.148. The molecule has 0 spiro atoms. The predicted octanol–water partition coefficient (Wildman–Crippen LogP) is 9.30. The van der Waals surface area contributed by atoms with Crippen molar-refractivity contribution in [3.8, 4) is 39.9 Å². The highest BCUT2D eigenvalue weighted by atomic mass is 16.5. The maximum absolute atomic E-state index is 14.3. The standard InChI is InChI=1S/C48H46N2O8/c1-53-38-22-14-31(15-23-38)26-37-12-9-13-40-45(37)49-50(46(40)36-20-24-39(54-2)25-21-36)44(51)30-58-48(52)41(27-32-28-42(55-3)47(57-5)43(29-32)56-4)35-18-16-34(17-19-35)33-10-7-6-8-11-33/h6-8,10-11,14-29,40,46H,9,12-13,30H2,1-5H3/b37-26-,41-27-. The fraction of sp³-hybridized carbons (Fsp3) is 0.229. The molecule has 1 aliphatic heterocycles. The molecule has 10 heteroatoms. The fourth-order valence-corrected chi connectivity index (χ4v) is 7.60. The largest absolute Gasteiger partial charge is 0.497 e. The van der Waals surface area contributed by atoms with Crippen molar-refractivity contribution in [1.29, 1.82) is 0 Å². The Balaban J connectivity index is 1.21. The molecular weight excluding hydrogens is 733 g/mol. The van der Waals surface area contributed by atoms with Gasteiger partial charge in [-0.1, -0.05) is 78.9 Å². The van der Waals surface area contributed by atoms with Crippen LogP contribution in [0.2, 0.25) is 0 Å². The van der Waals surface area contributed by atoms with E-state index < -0.39 is 24.5 Å². The number of fused-ring (bicyclic) bond motifs is 1. The second-order valence-electron chi connectivity index (χ2n) is 13.9. The van der Waals surface area contributed by atoms with Crippen LogP contribution in [-0.2, 0) is 14.3 Å². The summed E-state index contributed by atoms with van der Waals surface area (Å²) in [5.41, 5.74) is 7.33. The van der Waals surface area contributed by atoms with E-state index in [-0.39, 0.29) is 11.5 Å². The molecule has 1 heterocycles. The summed E-state index contributed by atoms with van der Waals surface area (Å²) < 4.78 is 33.4. The number of rotatable bonds is 13. The van der Waals surface area contributed by atoms with Crippen molar-refractivity contribution in [2.75, 3.05) is 42.2 Å². The lowest BCUT2D eigenvalue weighted by Gasteiger charge is -2.29. The van der Waals surface area contributed by atoms with Gasteiger partial charge in [-0.25, -0.2) is 9.80 Å². The summed E-state index contributed by atoms with van der Waals surface area (Å²) in [5, 5.41) is 6.49. The Bertz CT molecular complexity index is 2310. The molecule has 296 valence electrons. The Morgan fingerprint density at radius 3 is 1.93 bits per heavy atom. The van der Waals surface area contributed by atoms with E-state index >= 15 is 0 Å². The SMILES string of the molecule is COc1ccc(/C=C2/CCCC3C2=NN(C(=O)COC(=O)/C(=C\c2cc(OC)c(OC)c(OC)c2)c2ccc(-c4ccccc4)cc2)C3c2ccc(OC)cc2)cc1. The number of esters is 1. The van der Waals surface area contributed by atoms with Gasteiger partial charge >= 0.3 is 5.97 Å². The highest BCUT2D eigenvalue weighted by Gasteiger charge is 2.44. The lowest BCUT2D eigenvalue weighted by Crippen LogP contribution is -2.34. The van der Waals surface area contributed by atoms with Crippen LogP contribution in [0.25, 0.3) is 28.9 Å². The molecule has 2 atom stereocenters. The molecule has 2 aliphatic rings. The minimum Gasteiger partial charge on any atom is -0.497 e. The second-order valence-corrected chi connectivity index (χ2v) is 13.9. The van der Waals surface area contributed by atoms with Gasteiger partial charge in [-0.3, -0.25) is 4.79 Å². The van der Waals surface area contributed by atoms with Gasteiger partial charge in [-0.15, -0.1) is 0 Å². The van der Waals surface area contributed by atoms with Gasteiger partial charge in [0, 0.05) is 5.92 Å². The Morgan fingerprint density at radius 2 is 1.33 bits per heavy atom. The number of carbonyl (C=O) groups is 2. The zero-order valence-electron chi connectivity index (χ0n) is 33.3. The molecule has 0 bridgehead atoms. The first-order valence-corrected chi connectivity index (χ1v) is 19.1. The monoisotopic (exact) mass is 778 g/mol. The second kappa shape index (κ2) is 18.0. The third-order valence-electron chi connectivity index (χ3n) is 10.5. The molecular formula is C48H46N2O8. The Labute approximate surface area is 338 Å². The fourth-order valence-electron chi connectivity index (χ4n) is 7.60. The number of hydrazone groups is 1. The van der Waals surface area contributed by atoms with Gasteiger partial charge in [-0.05, 0) is 107 Å². The number of benzene rings is 5. The van der Waals surface area contributed by atoms with Crippen LogP contribution in [0.1, 0.15) is 47.6 Å². The van der Waals surface area contributed by atoms with Crippen LogP contribution in [0.4, 0.5) is 0 Å². The number of ether oxygens (including phenoxy) is 6. The van der Waals surface area contributed by atoms with Crippen molar-refractivity contribution in [2.24, 2.45) is 11.0 Å². The van der Waals surface area contributed by atoms with Crippen molar-refractivity contribution >= 4 is 35.3 Å². The number of allylic oxidation sites excluding steroid dienone is 1. The maximum atomic E-state index is 14.3. The van der Waals surface area contributed by atoms with Crippen molar-refractivity contribution in [3.05, 3.63) is 143 Å². The minimum atomic E-state index is -0.681. The molecule has 7 rings (SSSR count). The average molecular weight is 779 g/mol. The summed E-state index contributed by atoms with van der Waals surface area (Å²) in [4.78, 5) is 28.5. The molecule has 5 aromatic carbocycles. The zero-order chi connectivity index (χ0) is 40.6. The molecule has 10 nitrogen and oxygen atoms in total. The van der Waals surface area contributed by atoms with E-state index in [0.717, 1.165) is 58.6 Å². The number of hydrogen-bond donors (Lipinski definition) is 0. The Hall–Kier alpha value is -6.81. The van der Waals surface area contributed by atoms with Crippen LogP contribution in [0.15, 0.2) is 126 Å². The lowest BCUT2D eigenvalue weighted by atomic mass is 9.77. The predicted molar refractivity (Wildman–Crippen MR) is 225 cm³/mol. The molecule has 1 amide bonds. The molecule has 0 N–H and O–H groups in total. The molecule has 0 aromatic heterocycles. The summed E-state index contributed by atoms with van der Waals surface area (Å²) in [6, 6.07) is 36.3. The highest BCUT2D eigenvalue weighted by molar-refractivity contribution is 6.22. The quantitative estimate of drug-likeness (QED) is 0.0662.